The maximum Gasteiger partial charge on any atom is 0.151 e. The first kappa shape index (κ1) is 18.3. The van der Waals surface area contributed by atoms with Crippen LogP contribution >= 0.6 is 0 Å². The van der Waals surface area contributed by atoms with Crippen molar-refractivity contribution in [2.24, 2.45) is 0 Å². The molecule has 3 aliphatic rings. The molecule has 0 radical (unpaired) electrons. The number of nitrogens with zero attached hydrogens (tertiary/aromatic N) is 2. The predicted molar refractivity (Wildman–Crippen MR) is 135 cm³/mol. The minimum absolute atomic E-state index is 0.343. The number of rotatable bonds is 2. The second-order valence-electron chi connectivity index (χ2n) is 8.62. The van der Waals surface area contributed by atoms with Gasteiger partial charge in [-0.25, -0.2) is 0 Å². The smallest absolute Gasteiger partial charge is 0.151 e. The van der Waals surface area contributed by atoms with Crippen molar-refractivity contribution in [3.05, 3.63) is 121 Å². The molecule has 0 fully saturated rings. The number of para-hydroxylation sites is 5. The molecule has 4 aromatic carbocycles. The SMILES string of the molecule is C1=CC2CC(=C1)c1ccccc1N2c1ccc(N2c3ccccc3Oc3ccccc32)cc1. The van der Waals surface area contributed by atoms with Crippen LogP contribution in [0.1, 0.15) is 12.0 Å². The molecule has 3 nitrogen and oxygen atoms in total. The number of ether oxygens (including phenoxy) is 1. The summed E-state index contributed by atoms with van der Waals surface area (Å²) in [6.45, 7) is 0. The number of hydrogen-bond acceptors (Lipinski definition) is 3. The molecule has 0 saturated carbocycles. The number of allylic oxidation sites excluding steroid dienone is 2. The van der Waals surface area contributed by atoms with Gasteiger partial charge >= 0.3 is 0 Å². The zero-order valence-corrected chi connectivity index (χ0v) is 18.1. The molecule has 0 spiro atoms. The van der Waals surface area contributed by atoms with E-state index in [1.165, 1.54) is 22.5 Å². The third-order valence-electron chi connectivity index (χ3n) is 6.72. The molecule has 0 N–H and O–H groups in total. The Morgan fingerprint density at radius 2 is 1.24 bits per heavy atom. The van der Waals surface area contributed by atoms with E-state index in [2.05, 4.69) is 101 Å². The van der Waals surface area contributed by atoms with Gasteiger partial charge in [-0.05, 0) is 66.6 Å². The largest absolute Gasteiger partial charge is 0.453 e. The van der Waals surface area contributed by atoms with Crippen LogP contribution < -0.4 is 14.5 Å². The summed E-state index contributed by atoms with van der Waals surface area (Å²) in [5, 5.41) is 0. The van der Waals surface area contributed by atoms with Crippen LogP contribution in [0.15, 0.2) is 115 Å². The van der Waals surface area contributed by atoms with E-state index < -0.39 is 0 Å². The Hall–Kier alpha value is -4.24. The van der Waals surface area contributed by atoms with Gasteiger partial charge in [0.05, 0.1) is 17.4 Å². The first-order valence-electron chi connectivity index (χ1n) is 11.4. The van der Waals surface area contributed by atoms with Crippen LogP contribution in [0.2, 0.25) is 0 Å². The van der Waals surface area contributed by atoms with Crippen molar-refractivity contribution >= 4 is 34.0 Å². The van der Waals surface area contributed by atoms with Crippen molar-refractivity contribution in [3.63, 3.8) is 0 Å². The highest BCUT2D eigenvalue weighted by Crippen LogP contribution is 2.50. The van der Waals surface area contributed by atoms with E-state index in [-0.39, 0.29) is 0 Å². The molecule has 1 atom stereocenters. The second kappa shape index (κ2) is 7.14. The van der Waals surface area contributed by atoms with Crippen LogP contribution in [0.25, 0.3) is 5.57 Å². The van der Waals surface area contributed by atoms with Crippen LogP contribution in [0.3, 0.4) is 0 Å². The average Bonchev–Trinajstić information content (AvgIpc) is 2.88. The number of hydrogen-bond donors (Lipinski definition) is 0. The monoisotopic (exact) mass is 426 g/mol. The summed E-state index contributed by atoms with van der Waals surface area (Å²) in [5.74, 6) is 1.74. The summed E-state index contributed by atoms with van der Waals surface area (Å²) in [7, 11) is 0. The lowest BCUT2D eigenvalue weighted by Crippen LogP contribution is -2.34. The summed E-state index contributed by atoms with van der Waals surface area (Å²) in [5.41, 5.74) is 8.46. The number of anilines is 5. The molecule has 2 heterocycles. The molecule has 2 bridgehead atoms. The van der Waals surface area contributed by atoms with E-state index in [1.54, 1.807) is 0 Å². The van der Waals surface area contributed by atoms with Gasteiger partial charge in [-0.1, -0.05) is 60.7 Å². The van der Waals surface area contributed by atoms with Gasteiger partial charge in [-0.15, -0.1) is 0 Å². The quantitative estimate of drug-likeness (QED) is 0.283. The number of benzene rings is 4. The summed E-state index contributed by atoms with van der Waals surface area (Å²) >= 11 is 0. The third-order valence-corrected chi connectivity index (χ3v) is 6.72. The number of fused-ring (bicyclic) bond motifs is 6. The molecule has 0 aromatic heterocycles. The Morgan fingerprint density at radius 1 is 0.636 bits per heavy atom. The Bertz CT molecular complexity index is 1390. The van der Waals surface area contributed by atoms with Crippen LogP contribution in [0.5, 0.6) is 11.5 Å². The van der Waals surface area contributed by atoms with Crippen molar-refractivity contribution < 1.29 is 4.74 Å². The molecule has 33 heavy (non-hydrogen) atoms. The molecular formula is C30H22N2O. The van der Waals surface area contributed by atoms with Crippen LogP contribution in [0, 0.1) is 0 Å². The van der Waals surface area contributed by atoms with Crippen molar-refractivity contribution in [1.82, 2.24) is 0 Å². The van der Waals surface area contributed by atoms with E-state index >= 15 is 0 Å². The van der Waals surface area contributed by atoms with Crippen LogP contribution in [-0.2, 0) is 0 Å². The summed E-state index contributed by atoms with van der Waals surface area (Å²) in [6.07, 6.45) is 7.80. The molecule has 3 heteroatoms. The zero-order chi connectivity index (χ0) is 21.8. The molecule has 2 aliphatic heterocycles. The van der Waals surface area contributed by atoms with Gasteiger partial charge in [-0.3, -0.25) is 0 Å². The fourth-order valence-electron chi connectivity index (χ4n) is 5.25. The molecule has 1 aliphatic carbocycles. The summed E-state index contributed by atoms with van der Waals surface area (Å²) in [6, 6.07) is 34.4. The Balaban J connectivity index is 1.32. The normalized spacial score (nSPS) is 17.5. The van der Waals surface area contributed by atoms with Crippen LogP contribution in [-0.4, -0.2) is 6.04 Å². The Labute approximate surface area is 193 Å². The molecule has 0 amide bonds. The summed E-state index contributed by atoms with van der Waals surface area (Å²) < 4.78 is 6.17. The van der Waals surface area contributed by atoms with Gasteiger partial charge in [0.2, 0.25) is 0 Å². The third kappa shape index (κ3) is 2.82. The molecule has 0 saturated heterocycles. The molecule has 1 unspecified atom stereocenters. The van der Waals surface area contributed by atoms with Crippen molar-refractivity contribution in [1.29, 1.82) is 0 Å². The second-order valence-corrected chi connectivity index (χ2v) is 8.62. The Morgan fingerprint density at radius 3 is 1.97 bits per heavy atom. The standard InChI is InChI=1S/C30H22N2O/c1-2-11-26-25(10-1)21-8-7-9-24(20-21)31(26)22-16-18-23(19-17-22)32-27-12-3-5-14-29(27)33-30-15-6-4-13-28(30)32/h1-19,24H,20H2. The lowest BCUT2D eigenvalue weighted by Gasteiger charge is -2.40. The first-order valence-corrected chi connectivity index (χ1v) is 11.4. The lowest BCUT2D eigenvalue weighted by molar-refractivity contribution is 0.477. The van der Waals surface area contributed by atoms with E-state index in [0.29, 0.717) is 6.04 Å². The van der Waals surface area contributed by atoms with E-state index in [4.69, 9.17) is 4.74 Å². The fraction of sp³-hybridized carbons (Fsp3) is 0.0667. The van der Waals surface area contributed by atoms with Gasteiger partial charge < -0.3 is 14.5 Å². The van der Waals surface area contributed by atoms with Crippen molar-refractivity contribution in [3.8, 4) is 11.5 Å². The molecule has 4 aromatic rings. The maximum absolute atomic E-state index is 6.17. The minimum Gasteiger partial charge on any atom is -0.453 e. The Kier molecular flexibility index (Phi) is 3.97. The van der Waals surface area contributed by atoms with E-state index in [9.17, 15) is 0 Å². The van der Waals surface area contributed by atoms with Gasteiger partial charge in [0.25, 0.3) is 0 Å². The van der Waals surface area contributed by atoms with Gasteiger partial charge in [0.1, 0.15) is 0 Å². The molecule has 158 valence electrons. The average molecular weight is 427 g/mol. The summed E-state index contributed by atoms with van der Waals surface area (Å²) in [4.78, 5) is 4.75. The van der Waals surface area contributed by atoms with Crippen LogP contribution in [0.4, 0.5) is 28.4 Å². The van der Waals surface area contributed by atoms with Gasteiger partial charge in [0, 0.05) is 22.6 Å². The van der Waals surface area contributed by atoms with Crippen molar-refractivity contribution in [2.75, 3.05) is 9.80 Å². The minimum atomic E-state index is 0.343. The van der Waals surface area contributed by atoms with Gasteiger partial charge in [-0.2, -0.15) is 0 Å². The first-order chi connectivity index (χ1) is 16.4. The van der Waals surface area contributed by atoms with E-state index in [0.717, 1.165) is 35.0 Å². The lowest BCUT2D eigenvalue weighted by atomic mass is 9.87. The van der Waals surface area contributed by atoms with Crippen molar-refractivity contribution in [2.45, 2.75) is 12.5 Å². The zero-order valence-electron chi connectivity index (χ0n) is 18.1. The predicted octanol–water partition coefficient (Wildman–Crippen LogP) is 8.13. The highest BCUT2D eigenvalue weighted by Gasteiger charge is 2.30. The molecule has 7 rings (SSSR count). The van der Waals surface area contributed by atoms with Gasteiger partial charge in [0.15, 0.2) is 11.5 Å². The van der Waals surface area contributed by atoms with E-state index in [1.807, 2.05) is 24.3 Å². The fourth-order valence-corrected chi connectivity index (χ4v) is 5.25. The highest BCUT2D eigenvalue weighted by molar-refractivity contribution is 5.89. The highest BCUT2D eigenvalue weighted by atomic mass is 16.5. The maximum atomic E-state index is 6.17. The topological polar surface area (TPSA) is 15.7 Å². The molecular weight excluding hydrogens is 404 g/mol.